The number of aromatic nitrogens is 1. The second kappa shape index (κ2) is 4.81. The van der Waals surface area contributed by atoms with Crippen molar-refractivity contribution in [1.82, 2.24) is 4.98 Å². The van der Waals surface area contributed by atoms with Gasteiger partial charge in [-0.25, -0.2) is 0 Å². The summed E-state index contributed by atoms with van der Waals surface area (Å²) in [6.45, 7) is -1.18. The normalized spacial score (nSPS) is 11.8. The lowest BCUT2D eigenvalue weighted by atomic mass is 10.2. The van der Waals surface area contributed by atoms with Crippen LogP contribution in [-0.4, -0.2) is 17.8 Å². The van der Waals surface area contributed by atoms with Crippen molar-refractivity contribution in [3.8, 4) is 5.75 Å². The molecule has 0 amide bonds. The van der Waals surface area contributed by atoms with E-state index in [0.717, 1.165) is 0 Å². The summed E-state index contributed by atoms with van der Waals surface area (Å²) in [6, 6.07) is 8.27. The molecule has 1 aromatic carbocycles. The predicted molar refractivity (Wildman–Crippen MR) is 61.2 cm³/mol. The zero-order chi connectivity index (χ0) is 13.2. The minimum absolute atomic E-state index is 0.146. The van der Waals surface area contributed by atoms with E-state index >= 15 is 0 Å². The van der Waals surface area contributed by atoms with Crippen molar-refractivity contribution in [2.75, 3.05) is 6.61 Å². The summed E-state index contributed by atoms with van der Waals surface area (Å²) in [4.78, 5) is 4.21. The molecule has 1 aromatic heterocycles. The quantitative estimate of drug-likeness (QED) is 0.918. The number of halogens is 3. The third kappa shape index (κ3) is 2.89. The fourth-order valence-electron chi connectivity index (χ4n) is 1.58. The summed E-state index contributed by atoms with van der Waals surface area (Å²) in [5.74, 6) is 0.151. The van der Waals surface area contributed by atoms with Crippen molar-refractivity contribution in [2.24, 2.45) is 5.73 Å². The molecule has 0 spiro atoms. The van der Waals surface area contributed by atoms with Gasteiger partial charge in [-0.2, -0.15) is 13.2 Å². The number of para-hydroxylation sites is 1. The number of benzene rings is 1. The van der Waals surface area contributed by atoms with E-state index in [1.165, 1.54) is 6.07 Å². The number of fused-ring (bicyclic) bond motifs is 1. The lowest BCUT2D eigenvalue weighted by molar-refractivity contribution is -0.153. The van der Waals surface area contributed by atoms with E-state index < -0.39 is 12.8 Å². The van der Waals surface area contributed by atoms with Crippen LogP contribution in [0.3, 0.4) is 0 Å². The molecule has 2 N–H and O–H groups in total. The number of alkyl halides is 3. The van der Waals surface area contributed by atoms with Crippen molar-refractivity contribution in [2.45, 2.75) is 12.7 Å². The van der Waals surface area contributed by atoms with Crippen LogP contribution in [0.1, 0.15) is 5.69 Å². The summed E-state index contributed by atoms with van der Waals surface area (Å²) in [5, 5.41) is 0.541. The highest BCUT2D eigenvalue weighted by Crippen LogP contribution is 2.27. The van der Waals surface area contributed by atoms with Gasteiger partial charge in [0.2, 0.25) is 0 Å². The Balaban J connectivity index is 2.41. The number of ether oxygens (including phenoxy) is 1. The number of hydrogen-bond acceptors (Lipinski definition) is 3. The van der Waals surface area contributed by atoms with Gasteiger partial charge in [0, 0.05) is 18.0 Å². The summed E-state index contributed by atoms with van der Waals surface area (Å²) >= 11 is 0. The van der Waals surface area contributed by atoms with Gasteiger partial charge in [-0.05, 0) is 12.1 Å². The standard InChI is InChI=1S/C12H11F3N2O/c13-12(14,15)7-18-11-5-8(6-16)17-10-4-2-1-3-9(10)11/h1-5H,6-7,16H2. The highest BCUT2D eigenvalue weighted by atomic mass is 19.4. The van der Waals surface area contributed by atoms with E-state index in [1.54, 1.807) is 24.3 Å². The largest absolute Gasteiger partial charge is 0.483 e. The van der Waals surface area contributed by atoms with Crippen LogP contribution in [0.4, 0.5) is 13.2 Å². The van der Waals surface area contributed by atoms with Crippen molar-refractivity contribution < 1.29 is 17.9 Å². The van der Waals surface area contributed by atoms with E-state index in [0.29, 0.717) is 16.6 Å². The maximum Gasteiger partial charge on any atom is 0.422 e. The molecule has 0 aliphatic rings. The van der Waals surface area contributed by atoms with Crippen LogP contribution < -0.4 is 10.5 Å². The van der Waals surface area contributed by atoms with Gasteiger partial charge < -0.3 is 10.5 Å². The van der Waals surface area contributed by atoms with Crippen LogP contribution in [0.2, 0.25) is 0 Å². The molecule has 6 heteroatoms. The molecule has 1 heterocycles. The monoisotopic (exact) mass is 256 g/mol. The molecule has 2 aromatic rings. The lowest BCUT2D eigenvalue weighted by Gasteiger charge is -2.12. The fraction of sp³-hybridized carbons (Fsp3) is 0.250. The minimum atomic E-state index is -4.37. The molecule has 0 fully saturated rings. The molecule has 0 unspecified atom stereocenters. The van der Waals surface area contributed by atoms with Gasteiger partial charge in [-0.15, -0.1) is 0 Å². The first kappa shape index (κ1) is 12.6. The number of pyridine rings is 1. The maximum atomic E-state index is 12.2. The Kier molecular flexibility index (Phi) is 3.38. The van der Waals surface area contributed by atoms with Crippen LogP contribution in [0, 0.1) is 0 Å². The van der Waals surface area contributed by atoms with Gasteiger partial charge in [-0.3, -0.25) is 4.98 Å². The molecule has 0 radical (unpaired) electrons. The Hall–Kier alpha value is -1.82. The molecule has 0 saturated heterocycles. The summed E-state index contributed by atoms with van der Waals surface area (Å²) in [5.41, 5.74) is 6.51. The Bertz CT molecular complexity index is 555. The molecule has 0 aliphatic heterocycles. The van der Waals surface area contributed by atoms with Gasteiger partial charge in [-0.1, -0.05) is 12.1 Å². The molecular weight excluding hydrogens is 245 g/mol. The SMILES string of the molecule is NCc1cc(OCC(F)(F)F)c2ccccc2n1. The number of rotatable bonds is 3. The number of nitrogens with zero attached hydrogens (tertiary/aromatic N) is 1. The van der Waals surface area contributed by atoms with E-state index in [4.69, 9.17) is 10.5 Å². The fourth-order valence-corrected chi connectivity index (χ4v) is 1.58. The highest BCUT2D eigenvalue weighted by molar-refractivity contribution is 5.85. The molecule has 18 heavy (non-hydrogen) atoms. The smallest absolute Gasteiger partial charge is 0.422 e. The van der Waals surface area contributed by atoms with Crippen molar-refractivity contribution in [3.05, 3.63) is 36.0 Å². The average Bonchev–Trinajstić information content (AvgIpc) is 2.34. The van der Waals surface area contributed by atoms with E-state index in [-0.39, 0.29) is 12.3 Å². The summed E-state index contributed by atoms with van der Waals surface area (Å²) in [6.07, 6.45) is -4.37. The Morgan fingerprint density at radius 3 is 2.61 bits per heavy atom. The lowest BCUT2D eigenvalue weighted by Crippen LogP contribution is -2.19. The third-order valence-corrected chi connectivity index (χ3v) is 2.33. The van der Waals surface area contributed by atoms with Gasteiger partial charge in [0.25, 0.3) is 0 Å². The van der Waals surface area contributed by atoms with Gasteiger partial charge >= 0.3 is 6.18 Å². The van der Waals surface area contributed by atoms with Crippen LogP contribution >= 0.6 is 0 Å². The maximum absolute atomic E-state index is 12.2. The van der Waals surface area contributed by atoms with Crippen molar-refractivity contribution >= 4 is 10.9 Å². The first-order valence-corrected chi connectivity index (χ1v) is 5.28. The third-order valence-electron chi connectivity index (χ3n) is 2.33. The van der Waals surface area contributed by atoms with Crippen molar-refractivity contribution in [3.63, 3.8) is 0 Å². The number of nitrogens with two attached hydrogens (primary N) is 1. The van der Waals surface area contributed by atoms with Crippen LogP contribution in [0.25, 0.3) is 10.9 Å². The topological polar surface area (TPSA) is 48.1 Å². The second-order valence-electron chi connectivity index (χ2n) is 3.74. The first-order valence-electron chi connectivity index (χ1n) is 5.28. The van der Waals surface area contributed by atoms with E-state index in [2.05, 4.69) is 4.98 Å². The number of hydrogen-bond donors (Lipinski definition) is 1. The molecule has 3 nitrogen and oxygen atoms in total. The van der Waals surface area contributed by atoms with E-state index in [1.807, 2.05) is 0 Å². The first-order chi connectivity index (χ1) is 8.49. The van der Waals surface area contributed by atoms with Crippen LogP contribution in [0.15, 0.2) is 30.3 Å². The van der Waals surface area contributed by atoms with Crippen LogP contribution in [-0.2, 0) is 6.54 Å². The van der Waals surface area contributed by atoms with E-state index in [9.17, 15) is 13.2 Å². The zero-order valence-electron chi connectivity index (χ0n) is 9.37. The molecule has 0 bridgehead atoms. The van der Waals surface area contributed by atoms with Gasteiger partial charge in [0.15, 0.2) is 6.61 Å². The molecule has 0 atom stereocenters. The zero-order valence-corrected chi connectivity index (χ0v) is 9.37. The Morgan fingerprint density at radius 1 is 1.22 bits per heavy atom. The molecule has 0 aliphatic carbocycles. The van der Waals surface area contributed by atoms with Gasteiger partial charge in [0.05, 0.1) is 11.2 Å². The molecular formula is C12H11F3N2O. The van der Waals surface area contributed by atoms with Gasteiger partial charge in [0.1, 0.15) is 5.75 Å². The second-order valence-corrected chi connectivity index (χ2v) is 3.74. The highest BCUT2D eigenvalue weighted by Gasteiger charge is 2.28. The molecule has 0 saturated carbocycles. The molecule has 96 valence electrons. The summed E-state index contributed by atoms with van der Waals surface area (Å²) in [7, 11) is 0. The minimum Gasteiger partial charge on any atom is -0.483 e. The predicted octanol–water partition coefficient (Wildman–Crippen LogP) is 2.63. The van der Waals surface area contributed by atoms with Crippen molar-refractivity contribution in [1.29, 1.82) is 0 Å². The Labute approximate surface area is 101 Å². The summed E-state index contributed by atoms with van der Waals surface area (Å²) < 4.78 is 41.3. The Morgan fingerprint density at radius 2 is 1.94 bits per heavy atom. The molecule has 2 rings (SSSR count). The average molecular weight is 256 g/mol. The van der Waals surface area contributed by atoms with Crippen LogP contribution in [0.5, 0.6) is 5.75 Å².